The fourth-order valence-corrected chi connectivity index (χ4v) is 0.0364. The van der Waals surface area contributed by atoms with Crippen molar-refractivity contribution < 1.29 is 9.18 Å². The Morgan fingerprint density at radius 1 is 2.00 bits per heavy atom. The lowest BCUT2D eigenvalue weighted by Crippen LogP contribution is -1.95. The summed E-state index contributed by atoms with van der Waals surface area (Å²) in [6.45, 7) is 0.997. The number of rotatable bonds is 2. The van der Waals surface area contributed by atoms with E-state index in [1.54, 1.807) is 0 Å². The molecular weight excluding hydrogens is 83.0 g/mol. The highest BCUT2D eigenvalue weighted by Crippen LogP contribution is 1.86. The van der Waals surface area contributed by atoms with E-state index in [4.69, 9.17) is 0 Å². The average molecular weight is 90.1 g/mol. The van der Waals surface area contributed by atoms with E-state index in [0.717, 1.165) is 0 Å². The second-order valence-electron chi connectivity index (χ2n) is 1.27. The highest BCUT2D eigenvalue weighted by molar-refractivity contribution is 5.52. The lowest BCUT2D eigenvalue weighted by atomic mass is 10.2. The van der Waals surface area contributed by atoms with Gasteiger partial charge in [-0.05, 0) is 0 Å². The molecule has 0 aliphatic heterocycles. The molecule has 1 atom stereocenters. The molecule has 0 heterocycles. The highest BCUT2D eigenvalue weighted by Gasteiger charge is 1.92. The van der Waals surface area contributed by atoms with E-state index in [2.05, 4.69) is 0 Å². The maximum Gasteiger partial charge on any atom is 0.125 e. The van der Waals surface area contributed by atoms with Crippen molar-refractivity contribution in [2.24, 2.45) is 5.92 Å². The predicted molar refractivity (Wildman–Crippen MR) is 21.2 cm³/mol. The number of carbonyl (C=O) groups excluding carboxylic acids is 1. The van der Waals surface area contributed by atoms with Gasteiger partial charge < -0.3 is 4.79 Å². The molecule has 0 radical (unpaired) electrons. The molecule has 0 aliphatic rings. The SMILES string of the molecule is C[C@@H](C=O)CF. The number of alkyl halides is 1. The van der Waals surface area contributed by atoms with Crippen LogP contribution in [-0.2, 0) is 4.79 Å². The fourth-order valence-electron chi connectivity index (χ4n) is 0.0364. The third-order valence-corrected chi connectivity index (χ3v) is 0.476. The van der Waals surface area contributed by atoms with Crippen LogP contribution in [0.15, 0.2) is 0 Å². The highest BCUT2D eigenvalue weighted by atomic mass is 19.1. The van der Waals surface area contributed by atoms with Crippen LogP contribution in [0.1, 0.15) is 6.92 Å². The molecule has 0 saturated heterocycles. The maximum absolute atomic E-state index is 11.2. The Morgan fingerprint density at radius 3 is 2.50 bits per heavy atom. The lowest BCUT2D eigenvalue weighted by Gasteiger charge is -1.86. The topological polar surface area (TPSA) is 17.1 Å². The van der Waals surface area contributed by atoms with Crippen LogP contribution in [0.3, 0.4) is 0 Å². The number of hydrogen-bond acceptors (Lipinski definition) is 1. The zero-order chi connectivity index (χ0) is 4.99. The minimum absolute atomic E-state index is 0.412. The Kier molecular flexibility index (Phi) is 2.63. The first kappa shape index (κ1) is 5.60. The summed E-state index contributed by atoms with van der Waals surface area (Å²) in [5.74, 6) is -0.412. The molecule has 0 amide bonds. The molecule has 36 valence electrons. The van der Waals surface area contributed by atoms with Crippen LogP contribution in [0.4, 0.5) is 4.39 Å². The van der Waals surface area contributed by atoms with Gasteiger partial charge in [0.15, 0.2) is 0 Å². The Labute approximate surface area is 36.2 Å². The molecule has 1 nitrogen and oxygen atoms in total. The van der Waals surface area contributed by atoms with E-state index >= 15 is 0 Å². The van der Waals surface area contributed by atoms with Gasteiger partial charge in [0.2, 0.25) is 0 Å². The minimum Gasteiger partial charge on any atom is -0.303 e. The predicted octanol–water partition coefficient (Wildman–Crippen LogP) is 0.791. The van der Waals surface area contributed by atoms with Gasteiger partial charge in [-0.2, -0.15) is 0 Å². The van der Waals surface area contributed by atoms with Crippen molar-refractivity contribution in [1.29, 1.82) is 0 Å². The van der Waals surface area contributed by atoms with Crippen LogP contribution in [0, 0.1) is 5.92 Å². The number of hydrogen-bond donors (Lipinski definition) is 0. The molecule has 0 aromatic rings. The molecule has 0 bridgehead atoms. The van der Waals surface area contributed by atoms with Gasteiger partial charge in [0.05, 0.1) is 6.67 Å². The number of carbonyl (C=O) groups is 1. The number of aldehydes is 1. The summed E-state index contributed by atoms with van der Waals surface area (Å²) >= 11 is 0. The third kappa shape index (κ3) is 1.88. The molecule has 0 N–H and O–H groups in total. The van der Waals surface area contributed by atoms with Crippen LogP contribution >= 0.6 is 0 Å². The van der Waals surface area contributed by atoms with Gasteiger partial charge in [-0.15, -0.1) is 0 Å². The van der Waals surface area contributed by atoms with Crippen LogP contribution in [0.25, 0.3) is 0 Å². The van der Waals surface area contributed by atoms with E-state index < -0.39 is 12.6 Å². The Bertz CT molecular complexity index is 44.8. The van der Waals surface area contributed by atoms with E-state index in [9.17, 15) is 9.18 Å². The average Bonchev–Trinajstić information content (AvgIpc) is 1.65. The van der Waals surface area contributed by atoms with Crippen molar-refractivity contribution in [3.05, 3.63) is 0 Å². The van der Waals surface area contributed by atoms with Crippen LogP contribution in [0.5, 0.6) is 0 Å². The molecule has 0 aliphatic carbocycles. The minimum atomic E-state index is -0.538. The third-order valence-electron chi connectivity index (χ3n) is 0.476. The van der Waals surface area contributed by atoms with Crippen LogP contribution in [0.2, 0.25) is 0 Å². The van der Waals surface area contributed by atoms with Crippen LogP contribution < -0.4 is 0 Å². The van der Waals surface area contributed by atoms with Gasteiger partial charge in [0.25, 0.3) is 0 Å². The quantitative estimate of drug-likeness (QED) is 0.458. The summed E-state index contributed by atoms with van der Waals surface area (Å²) in [6.07, 6.45) is 0.597. The van der Waals surface area contributed by atoms with Crippen LogP contribution in [-0.4, -0.2) is 13.0 Å². The molecule has 2 heteroatoms. The standard InChI is InChI=1S/C4H7FO/c1-4(2-5)3-6/h3-4H,2H2,1H3/t4-/m1/s1. The monoisotopic (exact) mass is 90.0 g/mol. The van der Waals surface area contributed by atoms with Gasteiger partial charge in [-0.25, -0.2) is 0 Å². The summed E-state index contributed by atoms with van der Waals surface area (Å²) < 4.78 is 11.2. The Morgan fingerprint density at radius 2 is 2.50 bits per heavy atom. The van der Waals surface area contributed by atoms with Gasteiger partial charge in [-0.1, -0.05) is 6.92 Å². The van der Waals surface area contributed by atoms with Crippen molar-refractivity contribution in [2.45, 2.75) is 6.92 Å². The molecular formula is C4H7FO. The zero-order valence-electron chi connectivity index (χ0n) is 3.65. The molecule has 0 rings (SSSR count). The summed E-state index contributed by atoms with van der Waals surface area (Å²) in [6, 6.07) is 0. The molecule has 0 fully saturated rings. The van der Waals surface area contributed by atoms with Gasteiger partial charge in [0.1, 0.15) is 6.29 Å². The van der Waals surface area contributed by atoms with Crippen molar-refractivity contribution >= 4 is 6.29 Å². The van der Waals surface area contributed by atoms with Gasteiger partial charge in [-0.3, -0.25) is 4.39 Å². The van der Waals surface area contributed by atoms with E-state index in [-0.39, 0.29) is 0 Å². The first-order chi connectivity index (χ1) is 2.81. The summed E-state index contributed by atoms with van der Waals surface area (Å²) in [7, 11) is 0. The summed E-state index contributed by atoms with van der Waals surface area (Å²) in [5.41, 5.74) is 0. The molecule has 0 saturated carbocycles. The van der Waals surface area contributed by atoms with Crippen molar-refractivity contribution in [1.82, 2.24) is 0 Å². The van der Waals surface area contributed by atoms with E-state index in [0.29, 0.717) is 6.29 Å². The molecule has 0 aromatic carbocycles. The maximum atomic E-state index is 11.2. The Balaban J connectivity index is 2.96. The normalized spacial score (nSPS) is 13.7. The molecule has 6 heavy (non-hydrogen) atoms. The van der Waals surface area contributed by atoms with Crippen molar-refractivity contribution in [3.8, 4) is 0 Å². The van der Waals surface area contributed by atoms with Gasteiger partial charge >= 0.3 is 0 Å². The lowest BCUT2D eigenvalue weighted by molar-refractivity contribution is -0.111. The summed E-state index contributed by atoms with van der Waals surface area (Å²) in [4.78, 5) is 9.50. The first-order valence-corrected chi connectivity index (χ1v) is 1.82. The van der Waals surface area contributed by atoms with Crippen molar-refractivity contribution in [3.63, 3.8) is 0 Å². The smallest absolute Gasteiger partial charge is 0.125 e. The number of halogens is 1. The zero-order valence-corrected chi connectivity index (χ0v) is 3.65. The van der Waals surface area contributed by atoms with Gasteiger partial charge in [0, 0.05) is 5.92 Å². The molecule has 0 unspecified atom stereocenters. The second-order valence-corrected chi connectivity index (χ2v) is 1.27. The van der Waals surface area contributed by atoms with E-state index in [1.807, 2.05) is 0 Å². The van der Waals surface area contributed by atoms with E-state index in [1.165, 1.54) is 6.92 Å². The fraction of sp³-hybridized carbons (Fsp3) is 0.750. The summed E-state index contributed by atoms with van der Waals surface area (Å²) in [5, 5.41) is 0. The Hall–Kier alpha value is -0.400. The first-order valence-electron chi connectivity index (χ1n) is 1.82. The molecule has 0 spiro atoms. The largest absolute Gasteiger partial charge is 0.303 e. The second kappa shape index (κ2) is 2.82. The van der Waals surface area contributed by atoms with Crippen molar-refractivity contribution in [2.75, 3.05) is 6.67 Å². The molecule has 0 aromatic heterocycles.